The SMILES string of the molecule is Cc1ccc(CNC(=O)c2ccc(Nc3ccc(C(F)(F)F)cc3)nc2)cc1. The van der Waals surface area contributed by atoms with Gasteiger partial charge in [-0.15, -0.1) is 0 Å². The second-order valence-corrected chi connectivity index (χ2v) is 6.30. The zero-order valence-corrected chi connectivity index (χ0v) is 15.0. The Morgan fingerprint density at radius 3 is 2.21 bits per heavy atom. The summed E-state index contributed by atoms with van der Waals surface area (Å²) < 4.78 is 37.8. The van der Waals surface area contributed by atoms with Gasteiger partial charge in [0.05, 0.1) is 11.1 Å². The van der Waals surface area contributed by atoms with Gasteiger partial charge in [0, 0.05) is 18.4 Å². The number of benzene rings is 2. The van der Waals surface area contributed by atoms with Gasteiger partial charge in [-0.25, -0.2) is 4.98 Å². The molecule has 7 heteroatoms. The van der Waals surface area contributed by atoms with Crippen molar-refractivity contribution in [3.05, 3.63) is 89.1 Å². The number of pyridine rings is 1. The summed E-state index contributed by atoms with van der Waals surface area (Å²) >= 11 is 0. The molecule has 0 bridgehead atoms. The van der Waals surface area contributed by atoms with Gasteiger partial charge in [0.2, 0.25) is 0 Å². The van der Waals surface area contributed by atoms with Crippen LogP contribution >= 0.6 is 0 Å². The van der Waals surface area contributed by atoms with Gasteiger partial charge in [-0.05, 0) is 48.9 Å². The molecule has 144 valence electrons. The molecule has 1 amide bonds. The van der Waals surface area contributed by atoms with E-state index in [4.69, 9.17) is 0 Å². The lowest BCUT2D eigenvalue weighted by molar-refractivity contribution is -0.137. The summed E-state index contributed by atoms with van der Waals surface area (Å²) in [4.78, 5) is 16.3. The molecule has 0 aliphatic heterocycles. The minimum absolute atomic E-state index is 0.255. The van der Waals surface area contributed by atoms with Crippen LogP contribution in [0.15, 0.2) is 66.9 Å². The van der Waals surface area contributed by atoms with E-state index in [1.807, 2.05) is 31.2 Å². The average Bonchev–Trinajstić information content (AvgIpc) is 2.67. The van der Waals surface area contributed by atoms with Crippen LogP contribution in [-0.4, -0.2) is 10.9 Å². The molecular weight excluding hydrogens is 367 g/mol. The lowest BCUT2D eigenvalue weighted by Crippen LogP contribution is -2.22. The topological polar surface area (TPSA) is 54.0 Å². The highest BCUT2D eigenvalue weighted by Gasteiger charge is 2.29. The van der Waals surface area contributed by atoms with Crippen molar-refractivity contribution >= 4 is 17.4 Å². The molecule has 2 N–H and O–H groups in total. The van der Waals surface area contributed by atoms with Crippen molar-refractivity contribution in [3.8, 4) is 0 Å². The van der Waals surface area contributed by atoms with Crippen molar-refractivity contribution in [3.63, 3.8) is 0 Å². The van der Waals surface area contributed by atoms with E-state index in [2.05, 4.69) is 15.6 Å². The number of alkyl halides is 3. The molecule has 3 aromatic rings. The smallest absolute Gasteiger partial charge is 0.348 e. The fourth-order valence-electron chi connectivity index (χ4n) is 2.48. The third kappa shape index (κ3) is 5.09. The van der Waals surface area contributed by atoms with Gasteiger partial charge in [0.25, 0.3) is 5.91 Å². The van der Waals surface area contributed by atoms with Crippen molar-refractivity contribution in [2.45, 2.75) is 19.6 Å². The first-order chi connectivity index (χ1) is 13.3. The second kappa shape index (κ2) is 8.12. The van der Waals surface area contributed by atoms with E-state index in [0.717, 1.165) is 23.3 Å². The van der Waals surface area contributed by atoms with E-state index in [-0.39, 0.29) is 5.91 Å². The van der Waals surface area contributed by atoms with E-state index in [0.29, 0.717) is 23.6 Å². The maximum Gasteiger partial charge on any atom is 0.416 e. The van der Waals surface area contributed by atoms with Crippen molar-refractivity contribution < 1.29 is 18.0 Å². The van der Waals surface area contributed by atoms with E-state index >= 15 is 0 Å². The number of carbonyl (C=O) groups is 1. The number of rotatable bonds is 5. The number of nitrogens with zero attached hydrogens (tertiary/aromatic N) is 1. The molecule has 4 nitrogen and oxygen atoms in total. The fourth-order valence-corrected chi connectivity index (χ4v) is 2.48. The molecule has 2 aromatic carbocycles. The molecule has 0 atom stereocenters. The minimum atomic E-state index is -4.37. The lowest BCUT2D eigenvalue weighted by atomic mass is 10.1. The van der Waals surface area contributed by atoms with Crippen LogP contribution in [0, 0.1) is 6.92 Å². The van der Waals surface area contributed by atoms with Gasteiger partial charge >= 0.3 is 6.18 Å². The second-order valence-electron chi connectivity index (χ2n) is 6.30. The molecule has 0 fully saturated rings. The lowest BCUT2D eigenvalue weighted by Gasteiger charge is -2.10. The van der Waals surface area contributed by atoms with Crippen LogP contribution in [0.4, 0.5) is 24.7 Å². The summed E-state index contributed by atoms with van der Waals surface area (Å²) in [7, 11) is 0. The number of nitrogens with one attached hydrogen (secondary N) is 2. The monoisotopic (exact) mass is 385 g/mol. The molecule has 1 heterocycles. The first-order valence-corrected chi connectivity index (χ1v) is 8.55. The molecule has 0 saturated heterocycles. The molecule has 0 unspecified atom stereocenters. The zero-order valence-electron chi connectivity index (χ0n) is 15.0. The number of carbonyl (C=O) groups excluding carboxylic acids is 1. The maximum atomic E-state index is 12.6. The number of anilines is 2. The van der Waals surface area contributed by atoms with Crippen molar-refractivity contribution in [2.24, 2.45) is 0 Å². The Kier molecular flexibility index (Phi) is 5.63. The molecule has 0 aliphatic rings. The molecule has 1 aromatic heterocycles. The predicted molar refractivity (Wildman–Crippen MR) is 101 cm³/mol. The van der Waals surface area contributed by atoms with Crippen LogP contribution in [0.1, 0.15) is 27.0 Å². The first-order valence-electron chi connectivity index (χ1n) is 8.55. The Labute approximate surface area is 160 Å². The fraction of sp³-hybridized carbons (Fsp3) is 0.143. The van der Waals surface area contributed by atoms with Crippen LogP contribution in [0.5, 0.6) is 0 Å². The number of halogens is 3. The summed E-state index contributed by atoms with van der Waals surface area (Å²) in [5.41, 5.74) is 2.29. The average molecular weight is 385 g/mol. The summed E-state index contributed by atoms with van der Waals surface area (Å²) in [5.74, 6) is 0.170. The highest BCUT2D eigenvalue weighted by molar-refractivity contribution is 5.94. The zero-order chi connectivity index (χ0) is 20.1. The van der Waals surface area contributed by atoms with Crippen LogP contribution in [0.25, 0.3) is 0 Å². The van der Waals surface area contributed by atoms with E-state index in [9.17, 15) is 18.0 Å². The summed E-state index contributed by atoms with van der Waals surface area (Å²) in [5, 5.41) is 5.72. The molecule has 28 heavy (non-hydrogen) atoms. The summed E-state index contributed by atoms with van der Waals surface area (Å²) in [6.07, 6.45) is -2.96. The quantitative estimate of drug-likeness (QED) is 0.644. The highest BCUT2D eigenvalue weighted by Crippen LogP contribution is 2.30. The van der Waals surface area contributed by atoms with Gasteiger partial charge in [0.1, 0.15) is 5.82 Å². The Morgan fingerprint density at radius 1 is 0.964 bits per heavy atom. The molecule has 0 spiro atoms. The molecule has 3 rings (SSSR count). The normalized spacial score (nSPS) is 11.1. The van der Waals surface area contributed by atoms with E-state index in [1.165, 1.54) is 18.3 Å². The van der Waals surface area contributed by atoms with Gasteiger partial charge in [0.15, 0.2) is 0 Å². The summed E-state index contributed by atoms with van der Waals surface area (Å²) in [6, 6.07) is 15.7. The largest absolute Gasteiger partial charge is 0.416 e. The number of amides is 1. The van der Waals surface area contributed by atoms with Gasteiger partial charge in [-0.3, -0.25) is 4.79 Å². The molecular formula is C21H18F3N3O. The molecule has 0 saturated carbocycles. The van der Waals surface area contributed by atoms with E-state index < -0.39 is 11.7 Å². The Morgan fingerprint density at radius 2 is 1.64 bits per heavy atom. The van der Waals surface area contributed by atoms with Crippen LogP contribution in [0.3, 0.4) is 0 Å². The Bertz CT molecular complexity index is 935. The maximum absolute atomic E-state index is 12.6. The van der Waals surface area contributed by atoms with Gasteiger partial charge < -0.3 is 10.6 Å². The third-order valence-electron chi connectivity index (χ3n) is 4.08. The Hall–Kier alpha value is -3.35. The first kappa shape index (κ1) is 19.4. The predicted octanol–water partition coefficient (Wildman–Crippen LogP) is 5.08. The van der Waals surface area contributed by atoms with Gasteiger partial charge in [-0.1, -0.05) is 29.8 Å². The van der Waals surface area contributed by atoms with E-state index in [1.54, 1.807) is 12.1 Å². The number of hydrogen-bond donors (Lipinski definition) is 2. The minimum Gasteiger partial charge on any atom is -0.348 e. The summed E-state index contributed by atoms with van der Waals surface area (Å²) in [6.45, 7) is 2.40. The number of aryl methyl sites for hydroxylation is 1. The van der Waals surface area contributed by atoms with Crippen LogP contribution in [-0.2, 0) is 12.7 Å². The molecule has 0 radical (unpaired) electrons. The number of aromatic nitrogens is 1. The van der Waals surface area contributed by atoms with Gasteiger partial charge in [-0.2, -0.15) is 13.2 Å². The molecule has 0 aliphatic carbocycles. The van der Waals surface area contributed by atoms with Crippen molar-refractivity contribution in [1.29, 1.82) is 0 Å². The number of hydrogen-bond acceptors (Lipinski definition) is 3. The van der Waals surface area contributed by atoms with Crippen LogP contribution < -0.4 is 10.6 Å². The van der Waals surface area contributed by atoms with Crippen molar-refractivity contribution in [2.75, 3.05) is 5.32 Å². The standard InChI is InChI=1S/C21H18F3N3O/c1-14-2-4-15(5-3-14)12-26-20(28)16-6-11-19(25-13-16)27-18-9-7-17(8-10-18)21(22,23)24/h2-11,13H,12H2,1H3,(H,25,27)(H,26,28). The third-order valence-corrected chi connectivity index (χ3v) is 4.08. The van der Waals surface area contributed by atoms with Crippen LogP contribution in [0.2, 0.25) is 0 Å². The highest BCUT2D eigenvalue weighted by atomic mass is 19.4. The van der Waals surface area contributed by atoms with Crippen molar-refractivity contribution in [1.82, 2.24) is 10.3 Å². The Balaban J connectivity index is 1.58.